The summed E-state index contributed by atoms with van der Waals surface area (Å²) in [7, 11) is 1.54. The highest BCUT2D eigenvalue weighted by Gasteiger charge is 2.16. The number of aryl methyl sites for hydroxylation is 1. The van der Waals surface area contributed by atoms with Gasteiger partial charge in [0.2, 0.25) is 5.43 Å². The van der Waals surface area contributed by atoms with Crippen molar-refractivity contribution in [1.29, 1.82) is 0 Å². The Morgan fingerprint density at radius 1 is 1.25 bits per heavy atom. The first kappa shape index (κ1) is 15.7. The molecule has 0 aliphatic heterocycles. The number of nitrogens with one attached hydrogen (secondary N) is 1. The number of hydrogen-bond donors (Lipinski definition) is 1. The van der Waals surface area contributed by atoms with Gasteiger partial charge >= 0.3 is 0 Å². The Labute approximate surface area is 138 Å². The molecule has 2 aromatic heterocycles. The Kier molecular flexibility index (Phi) is 4.29. The molecule has 1 N–H and O–H groups in total. The molecule has 0 radical (unpaired) electrons. The molecule has 0 unspecified atom stereocenters. The topological polar surface area (TPSA) is 73.2 Å². The number of ether oxygens (including phenoxy) is 1. The molecule has 1 aromatic carbocycles. The van der Waals surface area contributed by atoms with Crippen molar-refractivity contribution in [3.8, 4) is 5.75 Å². The minimum Gasteiger partial charge on any atom is -0.497 e. The number of nitrogens with zero attached hydrogens (tertiary/aromatic N) is 2. The van der Waals surface area contributed by atoms with Gasteiger partial charge in [0.05, 0.1) is 18.0 Å². The van der Waals surface area contributed by atoms with Gasteiger partial charge in [-0.1, -0.05) is 0 Å². The highest BCUT2D eigenvalue weighted by molar-refractivity contribution is 6.05. The van der Waals surface area contributed by atoms with Gasteiger partial charge in [-0.2, -0.15) is 0 Å². The largest absolute Gasteiger partial charge is 0.497 e. The molecule has 1 amide bonds. The molecular weight excluding hydrogens is 306 g/mol. The van der Waals surface area contributed by atoms with Crippen molar-refractivity contribution in [3.05, 3.63) is 64.7 Å². The number of aromatic nitrogens is 2. The molecule has 0 bridgehead atoms. The number of anilines is 1. The number of methoxy groups -OCH3 is 1. The molecule has 6 heteroatoms. The highest BCUT2D eigenvalue weighted by Crippen LogP contribution is 2.19. The van der Waals surface area contributed by atoms with Gasteiger partial charge in [0, 0.05) is 30.8 Å². The van der Waals surface area contributed by atoms with E-state index in [2.05, 4.69) is 10.3 Å². The molecule has 24 heavy (non-hydrogen) atoms. The Balaban J connectivity index is 2.12. The van der Waals surface area contributed by atoms with Gasteiger partial charge in [-0.25, -0.2) is 0 Å². The third-order valence-corrected chi connectivity index (χ3v) is 3.81. The van der Waals surface area contributed by atoms with Gasteiger partial charge in [0.25, 0.3) is 5.91 Å². The van der Waals surface area contributed by atoms with Crippen molar-refractivity contribution < 1.29 is 9.53 Å². The molecule has 3 rings (SSSR count). The first-order valence-electron chi connectivity index (χ1n) is 7.56. The van der Waals surface area contributed by atoms with Gasteiger partial charge < -0.3 is 14.6 Å². The molecule has 0 spiro atoms. The molecular formula is C18H17N3O3. The zero-order valence-corrected chi connectivity index (χ0v) is 13.4. The predicted octanol–water partition coefficient (Wildman–Crippen LogP) is 2.68. The monoisotopic (exact) mass is 323 g/mol. The van der Waals surface area contributed by atoms with Crippen LogP contribution in [0.3, 0.4) is 0 Å². The molecule has 0 atom stereocenters. The summed E-state index contributed by atoms with van der Waals surface area (Å²) in [5, 5.41) is 3.18. The van der Waals surface area contributed by atoms with Crippen LogP contribution in [0.25, 0.3) is 10.9 Å². The lowest BCUT2D eigenvalue weighted by atomic mass is 10.1. The standard InChI is InChI=1S/C18H17N3O3/c1-3-21-11-15(18(23)20-12-6-8-19-9-7-12)17(22)14-10-13(24-2)4-5-16(14)21/h4-11H,3H2,1-2H3,(H,19,20,23). The van der Waals surface area contributed by atoms with Crippen LogP contribution in [0.4, 0.5) is 5.69 Å². The quantitative estimate of drug-likeness (QED) is 0.801. The number of amides is 1. The van der Waals surface area contributed by atoms with E-state index < -0.39 is 5.91 Å². The molecule has 3 aromatic rings. The lowest BCUT2D eigenvalue weighted by molar-refractivity contribution is 0.102. The second kappa shape index (κ2) is 6.54. The van der Waals surface area contributed by atoms with E-state index in [0.29, 0.717) is 23.4 Å². The van der Waals surface area contributed by atoms with Crippen LogP contribution in [-0.4, -0.2) is 22.6 Å². The van der Waals surface area contributed by atoms with E-state index in [1.54, 1.807) is 50.0 Å². The van der Waals surface area contributed by atoms with E-state index in [4.69, 9.17) is 4.74 Å². The smallest absolute Gasteiger partial charge is 0.261 e. The fraction of sp³-hybridized carbons (Fsp3) is 0.167. The second-order valence-electron chi connectivity index (χ2n) is 5.23. The van der Waals surface area contributed by atoms with E-state index in [1.807, 2.05) is 17.6 Å². The Hall–Kier alpha value is -3.15. The Morgan fingerprint density at radius 3 is 2.67 bits per heavy atom. The number of carbonyl (C=O) groups is 1. The molecule has 2 heterocycles. The van der Waals surface area contributed by atoms with Crippen molar-refractivity contribution in [1.82, 2.24) is 9.55 Å². The van der Waals surface area contributed by atoms with Crippen LogP contribution in [-0.2, 0) is 6.54 Å². The van der Waals surface area contributed by atoms with Gasteiger partial charge in [-0.3, -0.25) is 14.6 Å². The number of rotatable bonds is 4. The number of fused-ring (bicyclic) bond motifs is 1. The van der Waals surface area contributed by atoms with Crippen molar-refractivity contribution in [2.75, 3.05) is 12.4 Å². The summed E-state index contributed by atoms with van der Waals surface area (Å²) in [5.74, 6) is 0.132. The summed E-state index contributed by atoms with van der Waals surface area (Å²) < 4.78 is 7.06. The van der Waals surface area contributed by atoms with Crippen LogP contribution in [0, 0.1) is 0 Å². The lowest BCUT2D eigenvalue weighted by Gasteiger charge is -2.12. The van der Waals surface area contributed by atoms with Crippen molar-refractivity contribution >= 4 is 22.5 Å². The molecule has 0 fully saturated rings. The van der Waals surface area contributed by atoms with E-state index in [9.17, 15) is 9.59 Å². The fourth-order valence-electron chi connectivity index (χ4n) is 2.56. The summed E-state index contributed by atoms with van der Waals surface area (Å²) in [6, 6.07) is 8.61. The van der Waals surface area contributed by atoms with Crippen LogP contribution in [0.15, 0.2) is 53.7 Å². The average molecular weight is 323 g/mol. The van der Waals surface area contributed by atoms with Crippen LogP contribution in [0.1, 0.15) is 17.3 Å². The normalized spacial score (nSPS) is 10.6. The van der Waals surface area contributed by atoms with Crippen molar-refractivity contribution in [2.45, 2.75) is 13.5 Å². The van der Waals surface area contributed by atoms with Crippen LogP contribution in [0.2, 0.25) is 0 Å². The first-order valence-corrected chi connectivity index (χ1v) is 7.56. The average Bonchev–Trinajstić information content (AvgIpc) is 2.62. The molecule has 0 saturated heterocycles. The SMILES string of the molecule is CCn1cc(C(=O)Nc2ccncc2)c(=O)c2cc(OC)ccc21. The first-order chi connectivity index (χ1) is 11.6. The molecule has 122 valence electrons. The summed E-state index contributed by atoms with van der Waals surface area (Å²) >= 11 is 0. The van der Waals surface area contributed by atoms with Crippen LogP contribution >= 0.6 is 0 Å². The van der Waals surface area contributed by atoms with Gasteiger partial charge in [-0.15, -0.1) is 0 Å². The number of pyridine rings is 2. The molecule has 6 nitrogen and oxygen atoms in total. The second-order valence-corrected chi connectivity index (χ2v) is 5.23. The maximum Gasteiger partial charge on any atom is 0.261 e. The summed E-state index contributed by atoms with van der Waals surface area (Å²) in [6.07, 6.45) is 4.74. The van der Waals surface area contributed by atoms with E-state index in [-0.39, 0.29) is 11.0 Å². The predicted molar refractivity (Wildman–Crippen MR) is 92.6 cm³/mol. The maximum atomic E-state index is 12.8. The van der Waals surface area contributed by atoms with Crippen LogP contribution < -0.4 is 15.5 Å². The third kappa shape index (κ3) is 2.86. The van der Waals surface area contributed by atoms with Crippen molar-refractivity contribution in [2.24, 2.45) is 0 Å². The van der Waals surface area contributed by atoms with Crippen LogP contribution in [0.5, 0.6) is 5.75 Å². The lowest BCUT2D eigenvalue weighted by Crippen LogP contribution is -2.23. The molecule has 0 saturated carbocycles. The van der Waals surface area contributed by atoms with Gasteiger partial charge in [0.15, 0.2) is 0 Å². The highest BCUT2D eigenvalue weighted by atomic mass is 16.5. The van der Waals surface area contributed by atoms with E-state index in [0.717, 1.165) is 5.52 Å². The minimum atomic E-state index is -0.446. The summed E-state index contributed by atoms with van der Waals surface area (Å²) in [5.41, 5.74) is 1.13. The minimum absolute atomic E-state index is 0.0921. The van der Waals surface area contributed by atoms with Gasteiger partial charge in [-0.05, 0) is 37.3 Å². The number of hydrogen-bond acceptors (Lipinski definition) is 4. The van der Waals surface area contributed by atoms with E-state index >= 15 is 0 Å². The summed E-state index contributed by atoms with van der Waals surface area (Å²) in [6.45, 7) is 2.59. The fourth-order valence-corrected chi connectivity index (χ4v) is 2.56. The summed E-state index contributed by atoms with van der Waals surface area (Å²) in [4.78, 5) is 29.2. The Morgan fingerprint density at radius 2 is 2.00 bits per heavy atom. The third-order valence-electron chi connectivity index (χ3n) is 3.81. The maximum absolute atomic E-state index is 12.8. The van der Waals surface area contributed by atoms with Gasteiger partial charge in [0.1, 0.15) is 11.3 Å². The number of benzene rings is 1. The molecule has 0 aliphatic carbocycles. The molecule has 0 aliphatic rings. The van der Waals surface area contributed by atoms with Crippen molar-refractivity contribution in [3.63, 3.8) is 0 Å². The van der Waals surface area contributed by atoms with E-state index in [1.165, 1.54) is 0 Å². The zero-order chi connectivity index (χ0) is 17.1. The zero-order valence-electron chi connectivity index (χ0n) is 13.4. The number of carbonyl (C=O) groups excluding carboxylic acids is 1. The Bertz CT molecular complexity index is 949.